The molecule has 0 radical (unpaired) electrons. The molecule has 3 N–H and O–H groups in total. The van der Waals surface area contributed by atoms with E-state index in [1.54, 1.807) is 39.6 Å². The van der Waals surface area contributed by atoms with Crippen LogP contribution in [0.3, 0.4) is 0 Å². The number of anilines is 2. The standard InChI is InChI=1S/C64H67F2N7O12S/c1-6-82-46-31-51(72(36-46)61(76)57(38(2)3)73-35-42-9-7-8-10-47(42)60(73)75)59(74)68-34-41-12-11-40(58-39(4)69-37-86-58)29-54(41)83-27-25-80-23-24-81-26-28-84-56-33-50-48(32-55(56)79-5)52(19-22-67-50)85-53-18-17-45(30-49(53)66)71-63(78)64(20-21-64)62(77)70-44-15-13-43(65)14-16-44/h7-19,22,29-30,32-33,37-38,46,51,57H,6,20-21,23-28,31,34-36H2,1-5H3,(H,68,74)(H,70,77)(H,71,78)/t46?,51-,57-/m0/s1. The number of pyridine rings is 1. The molecule has 0 spiro atoms. The number of hydrogen-bond acceptors (Lipinski definition) is 15. The second-order valence-corrected chi connectivity index (χ2v) is 22.3. The van der Waals surface area contributed by atoms with Gasteiger partial charge in [-0.15, -0.1) is 11.3 Å². The second kappa shape index (κ2) is 27.2. The first-order valence-corrected chi connectivity index (χ1v) is 29.4. The van der Waals surface area contributed by atoms with Gasteiger partial charge in [-0.25, -0.2) is 13.8 Å². The maximum absolute atomic E-state index is 15.5. The monoisotopic (exact) mass is 1200 g/mol. The third-order valence-electron chi connectivity index (χ3n) is 15.3. The number of benzene rings is 5. The van der Waals surface area contributed by atoms with Gasteiger partial charge < -0.3 is 58.9 Å². The van der Waals surface area contributed by atoms with Gasteiger partial charge in [0.15, 0.2) is 23.1 Å². The minimum absolute atomic E-state index is 0.117. The van der Waals surface area contributed by atoms with E-state index in [0.29, 0.717) is 71.8 Å². The SMILES string of the molecule is CCOC1C[C@@H](C(=O)NCc2ccc(-c3scnc3C)cc2OCCOCCOCCOc2cc3nccc(Oc4ccc(NC(=O)C5(C(=O)Nc6ccc(F)cc6)CC5)cc4F)c3cc2OC)N(C(=O)[C@H](C(C)C)N2Cc3ccccc3C2=O)C1. The molecular weight excluding hydrogens is 1130 g/mol. The van der Waals surface area contributed by atoms with Crippen molar-refractivity contribution in [2.75, 3.05) is 70.5 Å². The number of thiazole rings is 1. The molecule has 1 unspecified atom stereocenters. The van der Waals surface area contributed by atoms with Crippen LogP contribution >= 0.6 is 11.3 Å². The first-order chi connectivity index (χ1) is 41.6. The molecule has 1 saturated carbocycles. The predicted molar refractivity (Wildman–Crippen MR) is 317 cm³/mol. The van der Waals surface area contributed by atoms with Crippen molar-refractivity contribution in [1.82, 2.24) is 25.1 Å². The largest absolute Gasteiger partial charge is 0.493 e. The minimum Gasteiger partial charge on any atom is -0.493 e. The van der Waals surface area contributed by atoms with Gasteiger partial charge in [0.05, 0.1) is 61.2 Å². The van der Waals surface area contributed by atoms with E-state index in [-0.39, 0.29) is 99.7 Å². The van der Waals surface area contributed by atoms with Crippen LogP contribution in [0.5, 0.6) is 28.7 Å². The highest BCUT2D eigenvalue weighted by molar-refractivity contribution is 7.13. The van der Waals surface area contributed by atoms with Crippen LogP contribution in [0.25, 0.3) is 21.3 Å². The van der Waals surface area contributed by atoms with Crippen LogP contribution in [0, 0.1) is 29.9 Å². The van der Waals surface area contributed by atoms with E-state index in [0.717, 1.165) is 33.3 Å². The Morgan fingerprint density at radius 1 is 0.779 bits per heavy atom. The van der Waals surface area contributed by atoms with Crippen LogP contribution in [-0.4, -0.2) is 127 Å². The first kappa shape index (κ1) is 60.5. The molecule has 2 fully saturated rings. The lowest BCUT2D eigenvalue weighted by Crippen LogP contribution is -2.55. The number of fused-ring (bicyclic) bond motifs is 2. The summed E-state index contributed by atoms with van der Waals surface area (Å²) in [5, 5.41) is 8.88. The van der Waals surface area contributed by atoms with Crippen molar-refractivity contribution in [2.24, 2.45) is 11.3 Å². The Labute approximate surface area is 500 Å². The smallest absolute Gasteiger partial charge is 0.255 e. The first-order valence-electron chi connectivity index (χ1n) is 28.5. The molecule has 7 aromatic rings. The third kappa shape index (κ3) is 13.7. The molecule has 22 heteroatoms. The van der Waals surface area contributed by atoms with E-state index in [2.05, 4.69) is 25.9 Å². The van der Waals surface area contributed by atoms with E-state index < -0.39 is 40.9 Å². The van der Waals surface area contributed by atoms with Crippen LogP contribution in [0.4, 0.5) is 20.2 Å². The quantitative estimate of drug-likeness (QED) is 0.0323. The molecule has 1 saturated heterocycles. The number of carbonyl (C=O) groups is 5. The lowest BCUT2D eigenvalue weighted by molar-refractivity contribution is -0.143. The molecule has 5 amide bonds. The van der Waals surface area contributed by atoms with Gasteiger partial charge in [-0.3, -0.25) is 29.0 Å². The van der Waals surface area contributed by atoms with Crippen molar-refractivity contribution in [2.45, 2.75) is 78.2 Å². The Morgan fingerprint density at radius 3 is 2.16 bits per heavy atom. The highest BCUT2D eigenvalue weighted by atomic mass is 32.1. The molecule has 4 heterocycles. The van der Waals surface area contributed by atoms with Crippen LogP contribution in [-0.2, 0) is 46.5 Å². The number of rotatable bonds is 27. The van der Waals surface area contributed by atoms with Gasteiger partial charge in [-0.1, -0.05) is 44.2 Å². The van der Waals surface area contributed by atoms with Gasteiger partial charge in [0, 0.05) is 78.9 Å². The highest BCUT2D eigenvalue weighted by Crippen LogP contribution is 2.48. The van der Waals surface area contributed by atoms with E-state index >= 15 is 4.39 Å². The molecular formula is C64H67F2N7O12S. The summed E-state index contributed by atoms with van der Waals surface area (Å²) >= 11 is 1.52. The maximum Gasteiger partial charge on any atom is 0.255 e. The molecule has 2 aromatic heterocycles. The average Bonchev–Trinajstić information content (AvgIpc) is 1.89. The van der Waals surface area contributed by atoms with Gasteiger partial charge >= 0.3 is 0 Å². The maximum atomic E-state index is 15.5. The summed E-state index contributed by atoms with van der Waals surface area (Å²) in [4.78, 5) is 81.7. The summed E-state index contributed by atoms with van der Waals surface area (Å²) in [6.45, 7) is 10.1. The molecule has 2 aliphatic heterocycles. The summed E-state index contributed by atoms with van der Waals surface area (Å²) in [6.07, 6.45) is 2.09. The topological polar surface area (TPSA) is 218 Å². The van der Waals surface area contributed by atoms with Crippen LogP contribution in [0.15, 0.2) is 115 Å². The number of carbonyl (C=O) groups excluding carboxylic acids is 5. The molecule has 0 bridgehead atoms. The van der Waals surface area contributed by atoms with Crippen molar-refractivity contribution in [1.29, 1.82) is 0 Å². The number of aryl methyl sites for hydroxylation is 1. The fraction of sp³-hybridized carbons (Fsp3) is 0.359. The normalized spacial score (nSPS) is 16.2. The van der Waals surface area contributed by atoms with Crippen LogP contribution in [0.1, 0.15) is 67.2 Å². The Morgan fingerprint density at radius 2 is 1.49 bits per heavy atom. The molecule has 1 aliphatic carbocycles. The van der Waals surface area contributed by atoms with Crippen molar-refractivity contribution >= 4 is 63.2 Å². The number of hydrogen-bond donors (Lipinski definition) is 3. The lowest BCUT2D eigenvalue weighted by atomic mass is 10.0. The van der Waals surface area contributed by atoms with Gasteiger partial charge in [-0.05, 0) is 104 Å². The van der Waals surface area contributed by atoms with E-state index in [1.165, 1.54) is 61.0 Å². The zero-order valence-corrected chi connectivity index (χ0v) is 49.1. The second-order valence-electron chi connectivity index (χ2n) is 21.4. The molecule has 3 atom stereocenters. The fourth-order valence-corrected chi connectivity index (χ4v) is 11.5. The Kier molecular flexibility index (Phi) is 19.2. The summed E-state index contributed by atoms with van der Waals surface area (Å²) in [7, 11) is 1.49. The van der Waals surface area contributed by atoms with Crippen molar-refractivity contribution in [3.05, 3.63) is 149 Å². The van der Waals surface area contributed by atoms with Crippen LogP contribution in [0.2, 0.25) is 0 Å². The molecule has 19 nitrogen and oxygen atoms in total. The molecule has 5 aromatic carbocycles. The number of aromatic nitrogens is 2. The summed E-state index contributed by atoms with van der Waals surface area (Å²) in [6, 6.07) is 25.7. The van der Waals surface area contributed by atoms with Gasteiger partial charge in [0.25, 0.3) is 5.91 Å². The van der Waals surface area contributed by atoms with E-state index in [9.17, 15) is 28.4 Å². The zero-order chi connectivity index (χ0) is 60.5. The van der Waals surface area contributed by atoms with Crippen molar-refractivity contribution < 1.29 is 65.9 Å². The van der Waals surface area contributed by atoms with Crippen molar-refractivity contribution in [3.63, 3.8) is 0 Å². The number of nitrogens with zero attached hydrogens (tertiary/aromatic N) is 4. The number of likely N-dealkylation sites (tertiary alicyclic amines) is 1. The molecule has 10 rings (SSSR count). The van der Waals surface area contributed by atoms with Crippen molar-refractivity contribution in [3.8, 4) is 39.2 Å². The summed E-state index contributed by atoms with van der Waals surface area (Å²) < 4.78 is 70.6. The lowest BCUT2D eigenvalue weighted by Gasteiger charge is -2.35. The average molecular weight is 1200 g/mol. The molecule has 3 aliphatic rings. The third-order valence-corrected chi connectivity index (χ3v) is 16.3. The number of methoxy groups -OCH3 is 1. The van der Waals surface area contributed by atoms with Gasteiger partial charge in [-0.2, -0.15) is 0 Å². The van der Waals surface area contributed by atoms with E-state index in [4.69, 9.17) is 33.2 Å². The number of nitrogens with one attached hydrogen (secondary N) is 3. The predicted octanol–water partition coefficient (Wildman–Crippen LogP) is 9.90. The fourth-order valence-electron chi connectivity index (χ4n) is 10.7. The molecule has 450 valence electrons. The highest BCUT2D eigenvalue weighted by Gasteiger charge is 2.56. The van der Waals surface area contributed by atoms with E-state index in [1.807, 2.05) is 64.1 Å². The summed E-state index contributed by atoms with van der Waals surface area (Å²) in [5.74, 6) is -1.90. The molecule has 86 heavy (non-hydrogen) atoms. The Balaban J connectivity index is 0.687. The number of ether oxygens (including phenoxy) is 7. The summed E-state index contributed by atoms with van der Waals surface area (Å²) in [5.41, 5.74) is 5.39. The number of amides is 5. The zero-order valence-electron chi connectivity index (χ0n) is 48.3. The number of halogens is 2. The van der Waals surface area contributed by atoms with Gasteiger partial charge in [0.1, 0.15) is 48.0 Å². The Bertz CT molecular complexity index is 3620. The van der Waals surface area contributed by atoms with Gasteiger partial charge in [0.2, 0.25) is 23.6 Å². The van der Waals surface area contributed by atoms with Crippen LogP contribution < -0.4 is 34.9 Å². The minimum atomic E-state index is -1.33. The Hall–Kier alpha value is -8.57.